The number of benzene rings is 2. The summed E-state index contributed by atoms with van der Waals surface area (Å²) in [5.41, 5.74) is 3.98. The van der Waals surface area contributed by atoms with Crippen molar-refractivity contribution in [2.75, 3.05) is 0 Å². The summed E-state index contributed by atoms with van der Waals surface area (Å²) in [7, 11) is 0. The lowest BCUT2D eigenvalue weighted by molar-refractivity contribution is 0.960. The molecule has 0 radical (unpaired) electrons. The molecular formula is C17H15NS. The molecule has 1 heterocycles. The molecule has 1 nitrogen and oxygen atoms in total. The third-order valence-electron chi connectivity index (χ3n) is 3.18. The van der Waals surface area contributed by atoms with Crippen LogP contribution in [0.25, 0.3) is 10.6 Å². The first-order chi connectivity index (χ1) is 9.42. The molecule has 0 saturated carbocycles. The van der Waals surface area contributed by atoms with Gasteiger partial charge in [0, 0.05) is 17.1 Å². The van der Waals surface area contributed by atoms with Gasteiger partial charge in [0.1, 0.15) is 5.01 Å². The molecule has 94 valence electrons. The third-order valence-corrected chi connectivity index (χ3v) is 4.00. The maximum absolute atomic E-state index is 4.33. The Kier molecular flexibility index (Phi) is 3.70. The van der Waals surface area contributed by atoms with E-state index in [1.807, 2.05) is 11.6 Å². The lowest BCUT2D eigenvalue weighted by Crippen LogP contribution is -1.90. The van der Waals surface area contributed by atoms with E-state index in [0.717, 1.165) is 17.8 Å². The molecule has 3 aromatic rings. The van der Waals surface area contributed by atoms with Gasteiger partial charge in [-0.05, 0) is 24.0 Å². The van der Waals surface area contributed by atoms with Crippen LogP contribution >= 0.6 is 11.3 Å². The molecule has 0 aliphatic carbocycles. The summed E-state index contributed by atoms with van der Waals surface area (Å²) in [4.78, 5) is 4.33. The first-order valence-corrected chi connectivity index (χ1v) is 7.32. The van der Waals surface area contributed by atoms with Crippen LogP contribution in [-0.2, 0) is 12.8 Å². The van der Waals surface area contributed by atoms with Crippen LogP contribution in [0.15, 0.2) is 66.2 Å². The summed E-state index contributed by atoms with van der Waals surface area (Å²) in [5.74, 6) is 0. The first kappa shape index (κ1) is 12.1. The molecule has 3 rings (SSSR count). The smallest absolute Gasteiger partial charge is 0.123 e. The summed E-state index contributed by atoms with van der Waals surface area (Å²) >= 11 is 1.68. The van der Waals surface area contributed by atoms with Gasteiger partial charge in [-0.25, -0.2) is 4.98 Å². The Bertz CT molecular complexity index is 612. The fourth-order valence-electron chi connectivity index (χ4n) is 2.11. The molecule has 2 heteroatoms. The molecule has 2 aromatic carbocycles. The Morgan fingerprint density at radius 3 is 2.11 bits per heavy atom. The maximum atomic E-state index is 4.33. The summed E-state index contributed by atoms with van der Waals surface area (Å²) in [5, 5.41) is 3.10. The highest BCUT2D eigenvalue weighted by molar-refractivity contribution is 7.13. The highest BCUT2D eigenvalue weighted by Crippen LogP contribution is 2.22. The largest absolute Gasteiger partial charge is 0.245 e. The molecule has 0 bridgehead atoms. The average molecular weight is 265 g/mol. The van der Waals surface area contributed by atoms with Crippen LogP contribution in [0.5, 0.6) is 0 Å². The van der Waals surface area contributed by atoms with E-state index in [9.17, 15) is 0 Å². The minimum atomic E-state index is 1.09. The standard InChI is InChI=1S/C17H15NS/c1-2-4-14(5-3-1)6-7-15-8-10-16(11-9-15)17-18-12-13-19-17/h1-5,8-13H,6-7H2. The molecule has 0 unspecified atom stereocenters. The van der Waals surface area contributed by atoms with Crippen LogP contribution in [0.3, 0.4) is 0 Å². The van der Waals surface area contributed by atoms with Gasteiger partial charge in [0.25, 0.3) is 0 Å². The van der Waals surface area contributed by atoms with Crippen molar-refractivity contribution in [3.63, 3.8) is 0 Å². The second-order valence-electron chi connectivity index (χ2n) is 4.52. The highest BCUT2D eigenvalue weighted by Gasteiger charge is 2.00. The van der Waals surface area contributed by atoms with Gasteiger partial charge in [-0.1, -0.05) is 54.6 Å². The highest BCUT2D eigenvalue weighted by atomic mass is 32.1. The lowest BCUT2D eigenvalue weighted by Gasteiger charge is -2.03. The number of hydrogen-bond acceptors (Lipinski definition) is 2. The maximum Gasteiger partial charge on any atom is 0.123 e. The molecule has 0 atom stereocenters. The van der Waals surface area contributed by atoms with Crippen LogP contribution in [0.4, 0.5) is 0 Å². The Labute approximate surface area is 117 Å². The predicted molar refractivity (Wildman–Crippen MR) is 81.4 cm³/mol. The van der Waals surface area contributed by atoms with Crippen molar-refractivity contribution in [2.45, 2.75) is 12.8 Å². The van der Waals surface area contributed by atoms with E-state index in [2.05, 4.69) is 59.6 Å². The van der Waals surface area contributed by atoms with Gasteiger partial charge in [-0.2, -0.15) is 0 Å². The van der Waals surface area contributed by atoms with Crippen molar-refractivity contribution in [3.05, 3.63) is 77.3 Å². The number of rotatable bonds is 4. The minimum absolute atomic E-state index is 1.09. The lowest BCUT2D eigenvalue weighted by atomic mass is 10.0. The van der Waals surface area contributed by atoms with Gasteiger partial charge >= 0.3 is 0 Å². The Balaban J connectivity index is 1.67. The van der Waals surface area contributed by atoms with E-state index in [0.29, 0.717) is 0 Å². The van der Waals surface area contributed by atoms with Gasteiger partial charge in [0.15, 0.2) is 0 Å². The normalized spacial score (nSPS) is 10.5. The molecule has 1 aromatic heterocycles. The van der Waals surface area contributed by atoms with Crippen LogP contribution in [0.1, 0.15) is 11.1 Å². The third kappa shape index (κ3) is 3.09. The van der Waals surface area contributed by atoms with Gasteiger partial charge in [0.2, 0.25) is 0 Å². The van der Waals surface area contributed by atoms with Crippen LogP contribution in [0.2, 0.25) is 0 Å². The fraction of sp³-hybridized carbons (Fsp3) is 0.118. The van der Waals surface area contributed by atoms with Gasteiger partial charge in [-0.15, -0.1) is 11.3 Å². The predicted octanol–water partition coefficient (Wildman–Crippen LogP) is 4.60. The first-order valence-electron chi connectivity index (χ1n) is 6.44. The molecular weight excluding hydrogens is 250 g/mol. The number of thiazole rings is 1. The molecule has 0 amide bonds. The van der Waals surface area contributed by atoms with E-state index < -0.39 is 0 Å². The van der Waals surface area contributed by atoms with E-state index in [1.54, 1.807) is 11.3 Å². The van der Waals surface area contributed by atoms with Crippen LogP contribution in [0, 0.1) is 0 Å². The molecule has 0 saturated heterocycles. The van der Waals surface area contributed by atoms with Crippen molar-refractivity contribution in [2.24, 2.45) is 0 Å². The summed E-state index contributed by atoms with van der Waals surface area (Å²) in [6.45, 7) is 0. The molecule has 0 spiro atoms. The van der Waals surface area contributed by atoms with E-state index in [4.69, 9.17) is 0 Å². The molecule has 19 heavy (non-hydrogen) atoms. The Morgan fingerprint density at radius 1 is 0.789 bits per heavy atom. The SMILES string of the molecule is c1ccc(CCc2ccc(-c3nccs3)cc2)cc1. The zero-order valence-corrected chi connectivity index (χ0v) is 11.4. The number of hydrogen-bond donors (Lipinski definition) is 0. The second-order valence-corrected chi connectivity index (χ2v) is 5.41. The Morgan fingerprint density at radius 2 is 1.47 bits per heavy atom. The zero-order chi connectivity index (χ0) is 12.9. The van der Waals surface area contributed by atoms with E-state index in [-0.39, 0.29) is 0 Å². The molecule has 0 aliphatic heterocycles. The summed E-state index contributed by atoms with van der Waals surface area (Å²) < 4.78 is 0. The monoisotopic (exact) mass is 265 g/mol. The average Bonchev–Trinajstić information content (AvgIpc) is 3.01. The van der Waals surface area contributed by atoms with Gasteiger partial charge in [-0.3, -0.25) is 0 Å². The van der Waals surface area contributed by atoms with Crippen molar-refractivity contribution >= 4 is 11.3 Å². The summed E-state index contributed by atoms with van der Waals surface area (Å²) in [6, 6.07) is 19.4. The van der Waals surface area contributed by atoms with Crippen LogP contribution < -0.4 is 0 Å². The quantitative estimate of drug-likeness (QED) is 0.672. The molecule has 0 fully saturated rings. The number of nitrogens with zero attached hydrogens (tertiary/aromatic N) is 1. The Hall–Kier alpha value is -1.93. The summed E-state index contributed by atoms with van der Waals surface area (Å²) in [6.07, 6.45) is 4.03. The van der Waals surface area contributed by atoms with Gasteiger partial charge < -0.3 is 0 Å². The molecule has 0 N–H and O–H groups in total. The fourth-order valence-corrected chi connectivity index (χ4v) is 2.76. The van der Waals surface area contributed by atoms with E-state index >= 15 is 0 Å². The second kappa shape index (κ2) is 5.81. The van der Waals surface area contributed by atoms with Crippen molar-refractivity contribution in [3.8, 4) is 10.6 Å². The topological polar surface area (TPSA) is 12.9 Å². The molecule has 0 aliphatic rings. The number of aryl methyl sites for hydroxylation is 2. The number of aromatic nitrogens is 1. The van der Waals surface area contributed by atoms with Crippen molar-refractivity contribution < 1.29 is 0 Å². The van der Waals surface area contributed by atoms with Crippen molar-refractivity contribution in [1.29, 1.82) is 0 Å². The zero-order valence-electron chi connectivity index (χ0n) is 10.6. The van der Waals surface area contributed by atoms with Gasteiger partial charge in [0.05, 0.1) is 0 Å². The van der Waals surface area contributed by atoms with E-state index in [1.165, 1.54) is 16.7 Å². The minimum Gasteiger partial charge on any atom is -0.245 e. The van der Waals surface area contributed by atoms with Crippen molar-refractivity contribution in [1.82, 2.24) is 4.98 Å². The van der Waals surface area contributed by atoms with Crippen LogP contribution in [-0.4, -0.2) is 4.98 Å².